The smallest absolute Gasteiger partial charge is 0.416 e. The number of benzene rings is 3. The molecular weight excluding hydrogens is 706 g/mol. The van der Waals surface area contributed by atoms with Crippen molar-refractivity contribution in [3.8, 4) is 33.8 Å². The minimum absolute atomic E-state index is 0.111. The van der Waals surface area contributed by atoms with Gasteiger partial charge in [-0.05, 0) is 64.3 Å². The topological polar surface area (TPSA) is 55.7 Å². The first-order chi connectivity index (χ1) is 25.5. The third-order valence-corrected chi connectivity index (χ3v) is 11.6. The first-order valence-corrected chi connectivity index (χ1v) is 19.5. The number of pyridine rings is 1. The molecule has 0 aliphatic carbocycles. The number of fused-ring (bicyclic) bond motifs is 3. The van der Waals surface area contributed by atoms with Crippen molar-refractivity contribution in [1.82, 2.24) is 15.0 Å². The van der Waals surface area contributed by atoms with Crippen molar-refractivity contribution in [1.29, 1.82) is 0 Å². The number of aryl methyl sites for hydroxylation is 2. The Labute approximate surface area is 330 Å². The summed E-state index contributed by atoms with van der Waals surface area (Å²) in [5, 5.41) is 1.42. The van der Waals surface area contributed by atoms with Crippen molar-refractivity contribution in [2.24, 2.45) is 12.5 Å². The molecule has 0 saturated heterocycles. The Morgan fingerprint density at radius 2 is 1.20 bits per heavy atom. The van der Waals surface area contributed by atoms with Crippen molar-refractivity contribution < 1.29 is 22.2 Å². The first kappa shape index (κ1) is 41.1. The Morgan fingerprint density at radius 1 is 0.607 bits per heavy atom. The molecule has 3 heterocycles. The average Bonchev–Trinajstić information content (AvgIpc) is 3.44. The fraction of sp³-hybridized carbons (Fsp3) is 0.458. The second-order valence-electron chi connectivity index (χ2n) is 20.2. The molecule has 8 heteroatoms. The van der Waals surface area contributed by atoms with Crippen LogP contribution in [0.15, 0.2) is 65.2 Å². The normalized spacial score (nSPS) is 13.6. The van der Waals surface area contributed by atoms with Crippen LogP contribution in [-0.4, -0.2) is 15.0 Å². The second-order valence-corrected chi connectivity index (χ2v) is 20.2. The van der Waals surface area contributed by atoms with Gasteiger partial charge in [0.15, 0.2) is 12.0 Å². The molecule has 0 saturated carbocycles. The van der Waals surface area contributed by atoms with Crippen LogP contribution in [0.5, 0.6) is 0 Å². The zero-order valence-corrected chi connectivity index (χ0v) is 36.1. The van der Waals surface area contributed by atoms with Gasteiger partial charge in [-0.1, -0.05) is 121 Å². The summed E-state index contributed by atoms with van der Waals surface area (Å²) in [7, 11) is 2.04. The summed E-state index contributed by atoms with van der Waals surface area (Å²) < 4.78 is 49.8. The molecule has 0 unspecified atom stereocenters. The van der Waals surface area contributed by atoms with E-state index in [0.29, 0.717) is 16.8 Å². The molecule has 56 heavy (non-hydrogen) atoms. The van der Waals surface area contributed by atoms with Gasteiger partial charge in [0.25, 0.3) is 0 Å². The van der Waals surface area contributed by atoms with Gasteiger partial charge < -0.3 is 4.42 Å². The van der Waals surface area contributed by atoms with Gasteiger partial charge in [0.05, 0.1) is 11.1 Å². The summed E-state index contributed by atoms with van der Waals surface area (Å²) in [6.07, 6.45) is -2.24. The van der Waals surface area contributed by atoms with E-state index in [0.717, 1.165) is 68.2 Å². The zero-order chi connectivity index (χ0) is 41.7. The van der Waals surface area contributed by atoms with Gasteiger partial charge in [-0.3, -0.25) is 0 Å². The fourth-order valence-electron chi connectivity index (χ4n) is 7.17. The largest absolute Gasteiger partial charge is 0.455 e. The molecule has 0 aliphatic rings. The predicted molar refractivity (Wildman–Crippen MR) is 223 cm³/mol. The van der Waals surface area contributed by atoms with Gasteiger partial charge in [0, 0.05) is 44.2 Å². The van der Waals surface area contributed by atoms with Crippen LogP contribution in [0.25, 0.3) is 55.7 Å². The van der Waals surface area contributed by atoms with Crippen LogP contribution in [0.4, 0.5) is 13.2 Å². The maximum atomic E-state index is 13.8. The highest BCUT2D eigenvalue weighted by Gasteiger charge is 2.40. The molecule has 0 fully saturated rings. The van der Waals surface area contributed by atoms with Crippen LogP contribution < -0.4 is 4.57 Å². The SMILES string of the molecule is Cc1ccc2c(oc3cc(C(F)(F)F)ccc32)c1-c1cc(-c2ccc(-c3nc(C(C)(C)C)nc(C(C)(C)C)n3)cc2C(C)(C)C)c(C(C)(C)C(C)(C)C)c[n+]1C. The number of halogens is 3. The van der Waals surface area contributed by atoms with Crippen LogP contribution >= 0.6 is 0 Å². The van der Waals surface area contributed by atoms with Crippen molar-refractivity contribution in [3.63, 3.8) is 0 Å². The van der Waals surface area contributed by atoms with Crippen molar-refractivity contribution in [3.05, 3.63) is 94.7 Å². The summed E-state index contributed by atoms with van der Waals surface area (Å²) in [5.74, 6) is 2.17. The van der Waals surface area contributed by atoms with E-state index in [-0.39, 0.29) is 32.7 Å². The van der Waals surface area contributed by atoms with Gasteiger partial charge in [-0.2, -0.15) is 13.2 Å². The van der Waals surface area contributed by atoms with Gasteiger partial charge in [-0.15, -0.1) is 0 Å². The third-order valence-electron chi connectivity index (χ3n) is 11.6. The third kappa shape index (κ3) is 7.36. The van der Waals surface area contributed by atoms with Crippen molar-refractivity contribution in [2.45, 2.75) is 132 Å². The number of alkyl halides is 3. The molecule has 6 aromatic rings. The van der Waals surface area contributed by atoms with Gasteiger partial charge in [-0.25, -0.2) is 19.5 Å². The summed E-state index contributed by atoms with van der Waals surface area (Å²) in [5.41, 5.74) is 6.99. The molecular formula is C48H58F3N4O+. The monoisotopic (exact) mass is 763 g/mol. The molecule has 0 aliphatic heterocycles. The Bertz CT molecular complexity index is 2460. The molecule has 296 valence electrons. The van der Waals surface area contributed by atoms with E-state index in [1.807, 2.05) is 26.1 Å². The molecule has 0 spiro atoms. The highest BCUT2D eigenvalue weighted by Crippen LogP contribution is 2.48. The Hall–Kier alpha value is -4.59. The lowest BCUT2D eigenvalue weighted by molar-refractivity contribution is -0.660. The number of aromatic nitrogens is 4. The van der Waals surface area contributed by atoms with Crippen LogP contribution in [0.1, 0.15) is 131 Å². The van der Waals surface area contributed by atoms with E-state index in [2.05, 4.69) is 132 Å². The number of hydrogen-bond donors (Lipinski definition) is 0. The summed E-state index contributed by atoms with van der Waals surface area (Å²) in [6, 6.07) is 16.5. The maximum Gasteiger partial charge on any atom is 0.416 e. The van der Waals surface area contributed by atoms with Crippen molar-refractivity contribution in [2.75, 3.05) is 0 Å². The highest BCUT2D eigenvalue weighted by molar-refractivity contribution is 6.10. The van der Waals surface area contributed by atoms with E-state index < -0.39 is 11.7 Å². The Kier molecular flexibility index (Phi) is 9.71. The van der Waals surface area contributed by atoms with Crippen LogP contribution in [0.3, 0.4) is 0 Å². The lowest BCUT2D eigenvalue weighted by Crippen LogP contribution is -2.39. The van der Waals surface area contributed by atoms with Gasteiger partial charge in [0.1, 0.15) is 29.9 Å². The number of furan rings is 1. The summed E-state index contributed by atoms with van der Waals surface area (Å²) >= 11 is 0. The molecule has 3 aromatic heterocycles. The quantitative estimate of drug-likeness (QED) is 0.168. The minimum atomic E-state index is -4.48. The number of hydrogen-bond acceptors (Lipinski definition) is 4. The fourth-order valence-corrected chi connectivity index (χ4v) is 7.17. The zero-order valence-electron chi connectivity index (χ0n) is 36.1. The van der Waals surface area contributed by atoms with E-state index in [9.17, 15) is 13.2 Å². The van der Waals surface area contributed by atoms with E-state index in [1.54, 1.807) is 0 Å². The maximum absolute atomic E-state index is 13.8. The van der Waals surface area contributed by atoms with E-state index >= 15 is 0 Å². The lowest BCUT2D eigenvalue weighted by atomic mass is 9.63. The van der Waals surface area contributed by atoms with Gasteiger partial charge >= 0.3 is 6.18 Å². The minimum Gasteiger partial charge on any atom is -0.455 e. The molecule has 5 nitrogen and oxygen atoms in total. The van der Waals surface area contributed by atoms with Crippen LogP contribution in [0, 0.1) is 12.3 Å². The van der Waals surface area contributed by atoms with Crippen molar-refractivity contribution >= 4 is 21.9 Å². The molecule has 0 N–H and O–H groups in total. The number of nitrogens with zero attached hydrogens (tertiary/aromatic N) is 4. The van der Waals surface area contributed by atoms with Crippen LogP contribution in [0.2, 0.25) is 0 Å². The molecule has 0 bridgehead atoms. The highest BCUT2D eigenvalue weighted by atomic mass is 19.4. The summed E-state index contributed by atoms with van der Waals surface area (Å²) in [4.78, 5) is 15.0. The van der Waals surface area contributed by atoms with E-state index in [4.69, 9.17) is 19.4 Å². The first-order valence-electron chi connectivity index (χ1n) is 19.5. The average molecular weight is 764 g/mol. The Balaban J connectivity index is 1.67. The molecule has 6 rings (SSSR count). The van der Waals surface area contributed by atoms with Gasteiger partial charge in [0.2, 0.25) is 5.69 Å². The Morgan fingerprint density at radius 3 is 1.73 bits per heavy atom. The predicted octanol–water partition coefficient (Wildman–Crippen LogP) is 13.1. The second kappa shape index (κ2) is 13.2. The standard InChI is InChI=1S/C48H58F3N4O/c1-27-17-20-32-31-22-19-29(48(49,50)51)24-37(31)56-39(32)38(27)36-25-33(35(26-55(36)16)47(14,15)46(11,12)13)30-21-18-28(23-34(30)43(2,3)4)40-52-41(44(5,6)7)54-42(53-40)45(8,9)10/h17-26H,1-16H3/q+1. The molecule has 0 radical (unpaired) electrons. The summed E-state index contributed by atoms with van der Waals surface area (Å²) in [6.45, 7) is 32.9. The molecule has 0 amide bonds. The molecule has 3 aromatic carbocycles. The number of rotatable bonds is 4. The molecule has 0 atom stereocenters. The lowest BCUT2D eigenvalue weighted by Gasteiger charge is -2.40. The van der Waals surface area contributed by atoms with E-state index in [1.165, 1.54) is 11.6 Å². The van der Waals surface area contributed by atoms with Crippen LogP contribution in [-0.2, 0) is 34.9 Å².